The first-order valence-corrected chi connectivity index (χ1v) is 9.29. The molecule has 140 valence electrons. The number of thioether (sulfide) groups is 1. The molecule has 0 bridgehead atoms. The van der Waals surface area contributed by atoms with Gasteiger partial charge in [-0.2, -0.15) is 17.7 Å². The highest BCUT2D eigenvalue weighted by atomic mass is 32.2. The zero-order chi connectivity index (χ0) is 18.6. The van der Waals surface area contributed by atoms with Gasteiger partial charge in [-0.05, 0) is 49.1 Å². The summed E-state index contributed by atoms with van der Waals surface area (Å²) < 4.78 is 44.5. The van der Waals surface area contributed by atoms with Crippen LogP contribution in [0.1, 0.15) is 25.3 Å². The average Bonchev–Trinajstić information content (AvgIpc) is 3.22. The largest absolute Gasteiger partial charge is 0.433 e. The Bertz CT molecular complexity index is 745. The third kappa shape index (κ3) is 2.52. The van der Waals surface area contributed by atoms with Gasteiger partial charge >= 0.3 is 17.3 Å². The smallest absolute Gasteiger partial charge is 0.369 e. The highest BCUT2D eigenvalue weighted by molar-refractivity contribution is 8.03. The Hall–Kier alpha value is -1.71. The maximum atomic E-state index is 12.9. The standard InChI is InChI=1S/C17H18F3N3O2S/c1-11-2-7-14(25-11)10-23(15(24)22-17(23)21-8-9-26-17)13-5-3-12(4-6-13)16(18,19)20/h3-6,8-9,11,14,21H,2,7,10H2,1H3/p+1/t11?,14-,17?,23?/m0/s1. The van der Waals surface area contributed by atoms with Gasteiger partial charge in [-0.15, -0.1) is 0 Å². The number of nitrogens with one attached hydrogen (secondary N) is 2. The van der Waals surface area contributed by atoms with Crippen molar-refractivity contribution >= 4 is 23.5 Å². The van der Waals surface area contributed by atoms with E-state index in [2.05, 4.69) is 10.6 Å². The number of nitrogens with zero attached hydrogens (tertiary/aromatic N) is 1. The predicted molar refractivity (Wildman–Crippen MR) is 92.8 cm³/mol. The summed E-state index contributed by atoms with van der Waals surface area (Å²) in [6, 6.07) is 4.58. The zero-order valence-corrected chi connectivity index (χ0v) is 14.9. The molecule has 2 N–H and O–H groups in total. The van der Waals surface area contributed by atoms with Gasteiger partial charge in [-0.3, -0.25) is 0 Å². The molecule has 0 aliphatic carbocycles. The van der Waals surface area contributed by atoms with E-state index in [1.165, 1.54) is 23.9 Å². The number of rotatable bonds is 3. The number of amides is 2. The monoisotopic (exact) mass is 386 g/mol. The Labute approximate surface area is 153 Å². The van der Waals surface area contributed by atoms with Crippen molar-refractivity contribution < 1.29 is 22.7 Å². The van der Waals surface area contributed by atoms with Crippen LogP contribution in [0.25, 0.3) is 0 Å². The van der Waals surface area contributed by atoms with Crippen LogP contribution in [0.15, 0.2) is 35.9 Å². The van der Waals surface area contributed by atoms with E-state index in [0.29, 0.717) is 12.2 Å². The molecule has 3 unspecified atom stereocenters. The zero-order valence-electron chi connectivity index (χ0n) is 14.0. The van der Waals surface area contributed by atoms with E-state index in [1.807, 2.05) is 12.3 Å². The van der Waals surface area contributed by atoms with Crippen molar-refractivity contribution in [2.45, 2.75) is 43.3 Å². The Morgan fingerprint density at radius 1 is 1.31 bits per heavy atom. The molecule has 4 atom stereocenters. The summed E-state index contributed by atoms with van der Waals surface area (Å²) in [5.41, 5.74) is -0.223. The van der Waals surface area contributed by atoms with E-state index >= 15 is 0 Å². The van der Waals surface area contributed by atoms with Gasteiger partial charge < -0.3 is 10.1 Å². The quantitative estimate of drug-likeness (QED) is 0.778. The first-order chi connectivity index (χ1) is 12.3. The molecule has 1 aromatic carbocycles. The molecule has 3 aliphatic heterocycles. The minimum atomic E-state index is -4.41. The van der Waals surface area contributed by atoms with Gasteiger partial charge in [0.15, 0.2) is 0 Å². The SMILES string of the molecule is CC1CC[C@@H](C[N+]2(c3ccc(C(F)(F)F)cc3)C(=O)NC23NC=CS3)O1. The number of halogens is 3. The second kappa shape index (κ2) is 5.90. The van der Waals surface area contributed by atoms with Crippen LogP contribution in [0.3, 0.4) is 0 Å². The van der Waals surface area contributed by atoms with E-state index in [4.69, 9.17) is 4.74 Å². The molecule has 0 saturated carbocycles. The molecular formula is C17H19F3N3O2S+. The third-order valence-corrected chi connectivity index (χ3v) is 6.32. The second-order valence-electron chi connectivity index (χ2n) is 6.82. The van der Waals surface area contributed by atoms with Gasteiger partial charge in [-0.1, -0.05) is 0 Å². The van der Waals surface area contributed by atoms with Crippen molar-refractivity contribution in [3.63, 3.8) is 0 Å². The van der Waals surface area contributed by atoms with Crippen molar-refractivity contribution in [1.29, 1.82) is 0 Å². The number of ether oxygens (including phenoxy) is 1. The molecule has 2 saturated heterocycles. The Balaban J connectivity index is 1.72. The summed E-state index contributed by atoms with van der Waals surface area (Å²) in [7, 11) is 0. The summed E-state index contributed by atoms with van der Waals surface area (Å²) >= 11 is 1.40. The number of quaternary nitrogens is 1. The number of hydrogen-bond acceptors (Lipinski definition) is 4. The van der Waals surface area contributed by atoms with Crippen molar-refractivity contribution in [2.24, 2.45) is 0 Å². The molecule has 5 nitrogen and oxygen atoms in total. The van der Waals surface area contributed by atoms with E-state index in [9.17, 15) is 18.0 Å². The lowest BCUT2D eigenvalue weighted by Crippen LogP contribution is -2.91. The molecule has 0 aromatic heterocycles. The van der Waals surface area contributed by atoms with Crippen molar-refractivity contribution in [1.82, 2.24) is 15.1 Å². The fourth-order valence-electron chi connectivity index (χ4n) is 3.85. The summed E-state index contributed by atoms with van der Waals surface area (Å²) in [6.07, 6.45) is -0.953. The predicted octanol–water partition coefficient (Wildman–Crippen LogP) is 3.72. The number of urea groups is 1. The summed E-state index contributed by atoms with van der Waals surface area (Å²) in [5.74, 6) is 0. The Kier molecular flexibility index (Phi) is 4.01. The van der Waals surface area contributed by atoms with Crippen molar-refractivity contribution in [3.8, 4) is 0 Å². The Morgan fingerprint density at radius 3 is 2.54 bits per heavy atom. The molecule has 0 radical (unpaired) electrons. The number of carbonyl (C=O) groups excluding carboxylic acids is 1. The van der Waals surface area contributed by atoms with Crippen LogP contribution in [0, 0.1) is 0 Å². The maximum absolute atomic E-state index is 12.9. The van der Waals surface area contributed by atoms with Crippen LogP contribution < -0.4 is 15.1 Å². The molecule has 26 heavy (non-hydrogen) atoms. The van der Waals surface area contributed by atoms with Gasteiger partial charge in [0.05, 0.1) is 11.7 Å². The fraction of sp³-hybridized carbons (Fsp3) is 0.471. The van der Waals surface area contributed by atoms with Gasteiger partial charge in [0.1, 0.15) is 18.3 Å². The van der Waals surface area contributed by atoms with Crippen LogP contribution in [-0.4, -0.2) is 29.9 Å². The maximum Gasteiger partial charge on any atom is 0.433 e. The topological polar surface area (TPSA) is 50.4 Å². The summed E-state index contributed by atoms with van der Waals surface area (Å²) in [6.45, 7) is 2.35. The van der Waals surface area contributed by atoms with Crippen LogP contribution in [0.2, 0.25) is 0 Å². The van der Waals surface area contributed by atoms with Gasteiger partial charge in [-0.25, -0.2) is 10.1 Å². The number of carbonyl (C=O) groups is 1. The van der Waals surface area contributed by atoms with Crippen molar-refractivity contribution in [3.05, 3.63) is 41.4 Å². The van der Waals surface area contributed by atoms with Crippen molar-refractivity contribution in [2.75, 3.05) is 6.54 Å². The molecule has 9 heteroatoms. The molecule has 2 fully saturated rings. The summed E-state index contributed by atoms with van der Waals surface area (Å²) in [5, 5.41) is 7.03. The van der Waals surface area contributed by atoms with E-state index in [1.54, 1.807) is 6.20 Å². The minimum absolute atomic E-state index is 0.121. The number of hydrogen-bond donors (Lipinski definition) is 2. The molecular weight excluding hydrogens is 367 g/mol. The first kappa shape index (κ1) is 17.7. The second-order valence-corrected chi connectivity index (χ2v) is 7.92. The van der Waals surface area contributed by atoms with Crippen LogP contribution >= 0.6 is 11.8 Å². The lowest BCUT2D eigenvalue weighted by Gasteiger charge is -2.55. The number of alkyl halides is 3. The molecule has 4 rings (SSSR count). The van der Waals surface area contributed by atoms with Gasteiger partial charge in [0, 0.05) is 18.3 Å². The first-order valence-electron chi connectivity index (χ1n) is 8.41. The normalized spacial score (nSPS) is 36.1. The number of benzene rings is 1. The molecule has 2 amide bonds. The molecule has 3 heterocycles. The van der Waals surface area contributed by atoms with E-state index in [-0.39, 0.29) is 22.7 Å². The molecule has 1 spiro atoms. The molecule has 3 aliphatic rings. The minimum Gasteiger partial charge on any atom is -0.369 e. The highest BCUT2D eigenvalue weighted by Crippen LogP contribution is 2.48. The van der Waals surface area contributed by atoms with Gasteiger partial charge in [0.2, 0.25) is 0 Å². The van der Waals surface area contributed by atoms with E-state index < -0.39 is 16.9 Å². The van der Waals surface area contributed by atoms with E-state index in [0.717, 1.165) is 25.0 Å². The van der Waals surface area contributed by atoms with Crippen LogP contribution in [-0.2, 0) is 10.9 Å². The lowest BCUT2D eigenvalue weighted by molar-refractivity contribution is -0.137. The summed E-state index contributed by atoms with van der Waals surface area (Å²) in [4.78, 5) is 12.8. The van der Waals surface area contributed by atoms with Crippen LogP contribution in [0.4, 0.5) is 23.7 Å². The highest BCUT2D eigenvalue weighted by Gasteiger charge is 2.71. The lowest BCUT2D eigenvalue weighted by atomic mass is 10.1. The van der Waals surface area contributed by atoms with Crippen LogP contribution in [0.5, 0.6) is 0 Å². The third-order valence-electron chi connectivity index (χ3n) is 5.18. The Morgan fingerprint density at radius 2 is 2.04 bits per heavy atom. The fourth-order valence-corrected chi connectivity index (χ4v) is 4.91. The molecule has 1 aromatic rings. The van der Waals surface area contributed by atoms with Gasteiger partial charge in [0.25, 0.3) is 0 Å². The average molecular weight is 386 g/mol.